The lowest BCUT2D eigenvalue weighted by Gasteiger charge is -2.06. The van der Waals surface area contributed by atoms with Crippen LogP contribution in [0, 0.1) is 0 Å². The summed E-state index contributed by atoms with van der Waals surface area (Å²) < 4.78 is 4.77. The maximum Gasteiger partial charge on any atom is 0.330 e. The van der Waals surface area contributed by atoms with Crippen LogP contribution in [0.2, 0.25) is 0 Å². The van der Waals surface area contributed by atoms with Crippen LogP contribution in [-0.2, 0) is 14.3 Å². The first-order valence-corrected chi connectivity index (χ1v) is 11.5. The molecule has 0 aromatic heterocycles. The number of hydrogen-bond acceptors (Lipinski definition) is 7. The first-order valence-electron chi connectivity index (χ1n) is 11.5. The van der Waals surface area contributed by atoms with Crippen molar-refractivity contribution in [2.75, 3.05) is 13.2 Å². The van der Waals surface area contributed by atoms with Gasteiger partial charge < -0.3 is 30.9 Å². The molecular weight excluding hydrogens is 402 g/mol. The predicted molar refractivity (Wildman–Crippen MR) is 122 cm³/mol. The zero-order chi connectivity index (χ0) is 23.9. The first-order chi connectivity index (χ1) is 14.8. The number of unbranched alkanes of at least 4 members (excludes halogenated alkanes) is 11. The van der Waals surface area contributed by atoms with E-state index in [0.29, 0.717) is 0 Å². The van der Waals surface area contributed by atoms with Crippen LogP contribution in [0.5, 0.6) is 0 Å². The Labute approximate surface area is 187 Å². The van der Waals surface area contributed by atoms with Crippen molar-refractivity contribution < 1.29 is 34.8 Å². The fraction of sp³-hybridized carbons (Fsp3) is 0.826. The number of rotatable bonds is 18. The van der Waals surface area contributed by atoms with Crippen molar-refractivity contribution in [1.82, 2.24) is 0 Å². The molecule has 0 aliphatic rings. The Morgan fingerprint density at radius 1 is 0.935 bits per heavy atom. The summed E-state index contributed by atoms with van der Waals surface area (Å²) in [6.45, 7) is 3.03. The van der Waals surface area contributed by atoms with Crippen LogP contribution >= 0.6 is 0 Å². The SMILES string of the molecule is CCCCCCCCCCCCCC=CC(=O)OCC(O)CO.C[C@@H](O)[C@H](N)C(=O)O. The number of carboxylic acid groups (broad SMARTS) is 1. The van der Waals surface area contributed by atoms with E-state index in [0.717, 1.165) is 12.8 Å². The molecule has 0 heterocycles. The molecule has 184 valence electrons. The normalized spacial score (nSPS) is 13.9. The molecule has 0 fully saturated rings. The van der Waals surface area contributed by atoms with E-state index in [1.54, 1.807) is 0 Å². The molecule has 0 aromatic rings. The number of carboxylic acids is 1. The quantitative estimate of drug-likeness (QED) is 0.122. The molecular formula is C23H45NO7. The van der Waals surface area contributed by atoms with Crippen LogP contribution in [0.3, 0.4) is 0 Å². The number of allylic oxidation sites excluding steroid dienone is 1. The Bertz CT molecular complexity index is 455. The second-order valence-electron chi connectivity index (χ2n) is 7.80. The Morgan fingerprint density at radius 3 is 1.81 bits per heavy atom. The van der Waals surface area contributed by atoms with Crippen LogP contribution in [0.4, 0.5) is 0 Å². The number of aliphatic hydroxyl groups is 3. The molecule has 31 heavy (non-hydrogen) atoms. The van der Waals surface area contributed by atoms with Crippen molar-refractivity contribution in [2.24, 2.45) is 5.73 Å². The predicted octanol–water partition coefficient (Wildman–Crippen LogP) is 2.92. The maximum atomic E-state index is 11.3. The zero-order valence-corrected chi connectivity index (χ0v) is 19.4. The van der Waals surface area contributed by atoms with Crippen molar-refractivity contribution in [1.29, 1.82) is 0 Å². The number of aliphatic hydroxyl groups excluding tert-OH is 3. The largest absolute Gasteiger partial charge is 0.480 e. The summed E-state index contributed by atoms with van der Waals surface area (Å²) in [6, 6.07) is -1.16. The Hall–Kier alpha value is -1.48. The molecule has 0 aliphatic carbocycles. The highest BCUT2D eigenvalue weighted by Crippen LogP contribution is 2.12. The van der Waals surface area contributed by atoms with Gasteiger partial charge in [-0.25, -0.2) is 4.79 Å². The Balaban J connectivity index is 0. The van der Waals surface area contributed by atoms with E-state index in [2.05, 4.69) is 6.92 Å². The van der Waals surface area contributed by atoms with Crippen molar-refractivity contribution in [2.45, 2.75) is 109 Å². The van der Waals surface area contributed by atoms with E-state index < -0.39 is 36.8 Å². The molecule has 0 amide bonds. The minimum Gasteiger partial charge on any atom is -0.480 e. The lowest BCUT2D eigenvalue weighted by Crippen LogP contribution is -2.39. The number of esters is 1. The van der Waals surface area contributed by atoms with Gasteiger partial charge in [-0.2, -0.15) is 0 Å². The molecule has 6 N–H and O–H groups in total. The number of nitrogens with two attached hydrogens (primary N) is 1. The molecule has 0 saturated heterocycles. The maximum absolute atomic E-state index is 11.3. The average Bonchev–Trinajstić information content (AvgIpc) is 2.74. The van der Waals surface area contributed by atoms with Crippen molar-refractivity contribution in [3.05, 3.63) is 12.2 Å². The minimum absolute atomic E-state index is 0.155. The van der Waals surface area contributed by atoms with E-state index >= 15 is 0 Å². The first kappa shape index (κ1) is 31.7. The average molecular weight is 448 g/mol. The van der Waals surface area contributed by atoms with Gasteiger partial charge in [-0.05, 0) is 19.8 Å². The Morgan fingerprint density at radius 2 is 1.42 bits per heavy atom. The van der Waals surface area contributed by atoms with Gasteiger partial charge >= 0.3 is 11.9 Å². The molecule has 0 radical (unpaired) electrons. The van der Waals surface area contributed by atoms with Crippen LogP contribution < -0.4 is 5.73 Å². The van der Waals surface area contributed by atoms with Gasteiger partial charge in [-0.15, -0.1) is 0 Å². The minimum atomic E-state index is -1.18. The van der Waals surface area contributed by atoms with Gasteiger partial charge in [0.1, 0.15) is 18.8 Å². The molecule has 8 nitrogen and oxygen atoms in total. The third-order valence-corrected chi connectivity index (χ3v) is 4.66. The summed E-state index contributed by atoms with van der Waals surface area (Å²) in [5, 5.41) is 34.2. The third-order valence-electron chi connectivity index (χ3n) is 4.66. The molecule has 0 aliphatic heterocycles. The van der Waals surface area contributed by atoms with Gasteiger partial charge in [0.2, 0.25) is 0 Å². The second kappa shape index (κ2) is 23.2. The molecule has 0 bridgehead atoms. The summed E-state index contributed by atoms with van der Waals surface area (Å²) in [5.41, 5.74) is 4.91. The highest BCUT2D eigenvalue weighted by atomic mass is 16.5. The van der Waals surface area contributed by atoms with Crippen LogP contribution in [0.25, 0.3) is 0 Å². The Kier molecular flexibility index (Phi) is 23.7. The number of aliphatic carboxylic acids is 1. The number of carbonyl (C=O) groups is 2. The van der Waals surface area contributed by atoms with Gasteiger partial charge in [0.15, 0.2) is 0 Å². The van der Waals surface area contributed by atoms with Gasteiger partial charge in [0.05, 0.1) is 12.7 Å². The van der Waals surface area contributed by atoms with Crippen molar-refractivity contribution in [3.63, 3.8) is 0 Å². The second-order valence-corrected chi connectivity index (χ2v) is 7.80. The monoisotopic (exact) mass is 447 g/mol. The van der Waals surface area contributed by atoms with Gasteiger partial charge in [0, 0.05) is 6.08 Å². The van der Waals surface area contributed by atoms with E-state index in [4.69, 9.17) is 30.9 Å². The van der Waals surface area contributed by atoms with Crippen molar-refractivity contribution in [3.8, 4) is 0 Å². The topological polar surface area (TPSA) is 150 Å². The van der Waals surface area contributed by atoms with E-state index in [1.165, 1.54) is 77.2 Å². The van der Waals surface area contributed by atoms with Gasteiger partial charge in [-0.3, -0.25) is 4.79 Å². The summed E-state index contributed by atoms with van der Waals surface area (Å²) in [6.07, 6.45) is 16.6. The van der Waals surface area contributed by atoms with E-state index in [-0.39, 0.29) is 6.61 Å². The summed E-state index contributed by atoms with van der Waals surface area (Å²) >= 11 is 0. The lowest BCUT2D eigenvalue weighted by atomic mass is 10.1. The summed E-state index contributed by atoms with van der Waals surface area (Å²) in [5.74, 6) is -1.64. The van der Waals surface area contributed by atoms with Crippen LogP contribution in [-0.4, -0.2) is 63.8 Å². The molecule has 3 atom stereocenters. The van der Waals surface area contributed by atoms with E-state index in [1.807, 2.05) is 6.08 Å². The fourth-order valence-corrected chi connectivity index (χ4v) is 2.59. The molecule has 0 saturated carbocycles. The zero-order valence-electron chi connectivity index (χ0n) is 19.4. The summed E-state index contributed by atoms with van der Waals surface area (Å²) in [4.78, 5) is 21.1. The number of hydrogen-bond donors (Lipinski definition) is 5. The fourth-order valence-electron chi connectivity index (χ4n) is 2.59. The standard InChI is InChI=1S/C19H36O4.C4H9NO3/c1-2-3-4-5-6-7-8-9-10-11-12-13-14-15-19(22)23-17-18(21)16-20;1-2(6)3(5)4(7)8/h14-15,18,20-21H,2-13,16-17H2,1H3;2-3,6H,5H2,1H3,(H,7,8)/t;2-,3+/m.1/s1. The molecule has 0 rings (SSSR count). The van der Waals surface area contributed by atoms with Crippen LogP contribution in [0.1, 0.15) is 90.9 Å². The molecule has 8 heteroatoms. The number of carbonyl (C=O) groups excluding carboxylic acids is 1. The van der Waals surface area contributed by atoms with Crippen LogP contribution in [0.15, 0.2) is 12.2 Å². The molecule has 0 spiro atoms. The highest BCUT2D eigenvalue weighted by Gasteiger charge is 2.16. The van der Waals surface area contributed by atoms with E-state index in [9.17, 15) is 9.59 Å². The van der Waals surface area contributed by atoms with Gasteiger partial charge in [-0.1, -0.05) is 77.2 Å². The third kappa shape index (κ3) is 24.7. The highest BCUT2D eigenvalue weighted by molar-refractivity contribution is 5.81. The smallest absolute Gasteiger partial charge is 0.330 e. The molecule has 0 aromatic carbocycles. The summed E-state index contributed by atoms with van der Waals surface area (Å²) in [7, 11) is 0. The molecule has 1 unspecified atom stereocenters. The van der Waals surface area contributed by atoms with Gasteiger partial charge in [0.25, 0.3) is 0 Å². The van der Waals surface area contributed by atoms with Crippen molar-refractivity contribution >= 4 is 11.9 Å². The number of ether oxygens (including phenoxy) is 1. The lowest BCUT2D eigenvalue weighted by molar-refractivity contribution is -0.142.